The van der Waals surface area contributed by atoms with Gasteiger partial charge in [-0.15, -0.1) is 0 Å². The van der Waals surface area contributed by atoms with Gasteiger partial charge in [-0.05, 0) is 42.5 Å². The molecule has 0 fully saturated rings. The van der Waals surface area contributed by atoms with Gasteiger partial charge in [0.05, 0.1) is 17.0 Å². The summed E-state index contributed by atoms with van der Waals surface area (Å²) in [5, 5.41) is 18.3. The maximum Gasteiger partial charge on any atom is 0.335 e. The van der Waals surface area contributed by atoms with Crippen LogP contribution in [0.15, 0.2) is 54.9 Å². The first kappa shape index (κ1) is 13.7. The molecule has 0 aliphatic heterocycles. The number of phenols is 1. The fourth-order valence-corrected chi connectivity index (χ4v) is 1.95. The molecule has 3 rings (SSSR count). The fraction of sp³-hybridized carbons (Fsp3) is 0. The Kier molecular flexibility index (Phi) is 3.49. The highest BCUT2D eigenvalue weighted by Crippen LogP contribution is 2.21. The van der Waals surface area contributed by atoms with Gasteiger partial charge in [0.1, 0.15) is 5.75 Å². The molecule has 6 heteroatoms. The normalized spacial score (nSPS) is 10.4. The minimum Gasteiger partial charge on any atom is -0.508 e. The standard InChI is InChI=1S/C16H11N3O3/c20-12-3-1-10(2-4-12)15-18-8-6-13(19-15)14-9-11(16(21)22)5-7-17-14/h1-9,20H,(H,21,22). The molecule has 0 unspecified atom stereocenters. The van der Waals surface area contributed by atoms with E-state index in [9.17, 15) is 9.90 Å². The van der Waals surface area contributed by atoms with Crippen LogP contribution in [-0.2, 0) is 0 Å². The van der Waals surface area contributed by atoms with E-state index >= 15 is 0 Å². The van der Waals surface area contributed by atoms with Crippen molar-refractivity contribution < 1.29 is 15.0 Å². The lowest BCUT2D eigenvalue weighted by Crippen LogP contribution is -1.98. The van der Waals surface area contributed by atoms with E-state index in [1.54, 1.807) is 36.5 Å². The van der Waals surface area contributed by atoms with Crippen LogP contribution in [-0.4, -0.2) is 31.1 Å². The number of carbonyl (C=O) groups is 1. The van der Waals surface area contributed by atoms with Gasteiger partial charge in [-0.1, -0.05) is 0 Å². The average Bonchev–Trinajstić information content (AvgIpc) is 2.56. The van der Waals surface area contributed by atoms with Crippen molar-refractivity contribution in [3.8, 4) is 28.5 Å². The van der Waals surface area contributed by atoms with Crippen LogP contribution >= 0.6 is 0 Å². The van der Waals surface area contributed by atoms with Gasteiger partial charge in [0, 0.05) is 18.0 Å². The second-order valence-electron chi connectivity index (χ2n) is 4.55. The largest absolute Gasteiger partial charge is 0.508 e. The highest BCUT2D eigenvalue weighted by molar-refractivity contribution is 5.88. The van der Waals surface area contributed by atoms with Gasteiger partial charge in [-0.25, -0.2) is 14.8 Å². The Morgan fingerprint density at radius 1 is 0.909 bits per heavy atom. The second-order valence-corrected chi connectivity index (χ2v) is 4.55. The minimum atomic E-state index is -1.02. The van der Waals surface area contributed by atoms with Gasteiger partial charge < -0.3 is 10.2 Å². The summed E-state index contributed by atoms with van der Waals surface area (Å²) in [6, 6.07) is 11.1. The Hall–Kier alpha value is -3.28. The predicted molar refractivity (Wildman–Crippen MR) is 79.3 cm³/mol. The highest BCUT2D eigenvalue weighted by Gasteiger charge is 2.09. The summed E-state index contributed by atoms with van der Waals surface area (Å²) in [7, 11) is 0. The Balaban J connectivity index is 2.02. The molecule has 0 radical (unpaired) electrons. The van der Waals surface area contributed by atoms with Crippen molar-refractivity contribution in [3.05, 3.63) is 60.4 Å². The van der Waals surface area contributed by atoms with Crippen molar-refractivity contribution in [3.63, 3.8) is 0 Å². The summed E-state index contributed by atoms with van der Waals surface area (Å²) in [6.07, 6.45) is 3.01. The molecule has 0 saturated carbocycles. The Bertz CT molecular complexity index is 832. The van der Waals surface area contributed by atoms with Crippen molar-refractivity contribution >= 4 is 5.97 Å². The average molecular weight is 293 g/mol. The molecule has 0 bridgehead atoms. The molecule has 108 valence electrons. The van der Waals surface area contributed by atoms with E-state index in [4.69, 9.17) is 5.11 Å². The van der Waals surface area contributed by atoms with Crippen molar-refractivity contribution in [2.75, 3.05) is 0 Å². The number of rotatable bonds is 3. The van der Waals surface area contributed by atoms with Crippen LogP contribution in [0.25, 0.3) is 22.8 Å². The molecule has 0 aliphatic rings. The summed E-state index contributed by atoms with van der Waals surface area (Å²) in [6.45, 7) is 0. The third kappa shape index (κ3) is 2.76. The molecule has 22 heavy (non-hydrogen) atoms. The lowest BCUT2D eigenvalue weighted by molar-refractivity contribution is 0.0697. The fourth-order valence-electron chi connectivity index (χ4n) is 1.95. The zero-order valence-electron chi connectivity index (χ0n) is 11.3. The summed E-state index contributed by atoms with van der Waals surface area (Å²) >= 11 is 0. The lowest BCUT2D eigenvalue weighted by Gasteiger charge is -2.04. The zero-order chi connectivity index (χ0) is 15.5. The van der Waals surface area contributed by atoms with Gasteiger partial charge in [0.2, 0.25) is 0 Å². The van der Waals surface area contributed by atoms with Crippen molar-refractivity contribution in [1.82, 2.24) is 15.0 Å². The molecule has 2 heterocycles. The van der Waals surface area contributed by atoms with Crippen molar-refractivity contribution in [1.29, 1.82) is 0 Å². The van der Waals surface area contributed by atoms with E-state index in [0.717, 1.165) is 5.56 Å². The van der Waals surface area contributed by atoms with Crippen LogP contribution in [0.2, 0.25) is 0 Å². The van der Waals surface area contributed by atoms with E-state index in [2.05, 4.69) is 15.0 Å². The Morgan fingerprint density at radius 3 is 2.36 bits per heavy atom. The van der Waals surface area contributed by atoms with Crippen LogP contribution in [0.1, 0.15) is 10.4 Å². The molecule has 1 aromatic carbocycles. The zero-order valence-corrected chi connectivity index (χ0v) is 11.3. The molecule has 2 aromatic heterocycles. The van der Waals surface area contributed by atoms with Gasteiger partial charge in [-0.2, -0.15) is 0 Å². The third-order valence-electron chi connectivity index (χ3n) is 3.05. The number of benzene rings is 1. The van der Waals surface area contributed by atoms with Crippen LogP contribution in [0.4, 0.5) is 0 Å². The molecule has 0 amide bonds. The molecule has 0 atom stereocenters. The number of pyridine rings is 1. The van der Waals surface area contributed by atoms with Crippen LogP contribution < -0.4 is 0 Å². The maximum atomic E-state index is 11.0. The molecular formula is C16H11N3O3. The summed E-state index contributed by atoms with van der Waals surface area (Å²) < 4.78 is 0. The number of phenolic OH excluding ortho intramolecular Hbond substituents is 1. The summed E-state index contributed by atoms with van der Waals surface area (Å²) in [5.41, 5.74) is 1.88. The van der Waals surface area contributed by atoms with Gasteiger partial charge >= 0.3 is 5.97 Å². The Labute approximate surface area is 125 Å². The highest BCUT2D eigenvalue weighted by atomic mass is 16.4. The first-order valence-corrected chi connectivity index (χ1v) is 6.45. The number of carboxylic acids is 1. The number of hydrogen-bond acceptors (Lipinski definition) is 5. The molecule has 2 N–H and O–H groups in total. The number of nitrogens with zero attached hydrogens (tertiary/aromatic N) is 3. The Morgan fingerprint density at radius 2 is 1.64 bits per heavy atom. The lowest BCUT2D eigenvalue weighted by atomic mass is 10.1. The molecule has 0 spiro atoms. The number of carboxylic acid groups (broad SMARTS) is 1. The quantitative estimate of drug-likeness (QED) is 0.770. The SMILES string of the molecule is O=C(O)c1ccnc(-c2ccnc(-c3ccc(O)cc3)n2)c1. The van der Waals surface area contributed by atoms with Crippen LogP contribution in [0, 0.1) is 0 Å². The van der Waals surface area contributed by atoms with E-state index in [1.807, 2.05) is 0 Å². The third-order valence-corrected chi connectivity index (χ3v) is 3.05. The van der Waals surface area contributed by atoms with Gasteiger partial charge in [-0.3, -0.25) is 4.98 Å². The van der Waals surface area contributed by atoms with Crippen LogP contribution in [0.5, 0.6) is 5.75 Å². The second kappa shape index (κ2) is 5.61. The molecule has 3 aromatic rings. The van der Waals surface area contributed by atoms with E-state index < -0.39 is 5.97 Å². The van der Waals surface area contributed by atoms with Crippen molar-refractivity contribution in [2.24, 2.45) is 0 Å². The van der Waals surface area contributed by atoms with E-state index in [-0.39, 0.29) is 11.3 Å². The maximum absolute atomic E-state index is 11.0. The minimum absolute atomic E-state index is 0.148. The number of aromatic carboxylic acids is 1. The molecular weight excluding hydrogens is 282 g/mol. The first-order chi connectivity index (χ1) is 10.6. The van der Waals surface area contributed by atoms with Crippen LogP contribution in [0.3, 0.4) is 0 Å². The number of aromatic nitrogens is 3. The van der Waals surface area contributed by atoms with Gasteiger partial charge in [0.15, 0.2) is 5.82 Å². The smallest absolute Gasteiger partial charge is 0.335 e. The summed E-state index contributed by atoms with van der Waals surface area (Å²) in [4.78, 5) is 23.7. The summed E-state index contributed by atoms with van der Waals surface area (Å²) in [5.74, 6) is -0.382. The monoisotopic (exact) mass is 293 g/mol. The molecule has 0 aliphatic carbocycles. The molecule has 0 saturated heterocycles. The van der Waals surface area contributed by atoms with Crippen molar-refractivity contribution in [2.45, 2.75) is 0 Å². The topological polar surface area (TPSA) is 96.2 Å². The number of hydrogen-bond donors (Lipinski definition) is 2. The molecule has 6 nitrogen and oxygen atoms in total. The predicted octanol–water partition coefficient (Wildman–Crippen LogP) is 2.61. The van der Waals surface area contributed by atoms with E-state index in [1.165, 1.54) is 18.3 Å². The van der Waals surface area contributed by atoms with Gasteiger partial charge in [0.25, 0.3) is 0 Å². The number of aromatic hydroxyl groups is 1. The van der Waals surface area contributed by atoms with E-state index in [0.29, 0.717) is 17.2 Å². The first-order valence-electron chi connectivity index (χ1n) is 6.45.